The van der Waals surface area contributed by atoms with Crippen LogP contribution >= 0.6 is 0 Å². The molecule has 5 heteroatoms. The largest absolute Gasteiger partial charge is 0.390 e. The Morgan fingerprint density at radius 3 is 2.31 bits per heavy atom. The molecule has 1 saturated carbocycles. The summed E-state index contributed by atoms with van der Waals surface area (Å²) in [7, 11) is -3.39. The Morgan fingerprint density at radius 2 is 1.73 bits per heavy atom. The number of halogens is 1. The molecule has 0 aliphatic heterocycles. The Labute approximate surface area is 154 Å². The molecule has 26 heavy (non-hydrogen) atoms. The molecule has 2 aromatic carbocycles. The number of aryl methyl sites for hydroxylation is 1. The summed E-state index contributed by atoms with van der Waals surface area (Å²) >= 11 is 0. The Morgan fingerprint density at radius 1 is 1.12 bits per heavy atom. The molecule has 0 saturated heterocycles. The zero-order chi connectivity index (χ0) is 18.9. The second-order valence-corrected chi connectivity index (χ2v) is 9.76. The molecule has 2 aromatic rings. The fourth-order valence-electron chi connectivity index (χ4n) is 3.57. The van der Waals surface area contributed by atoms with E-state index in [0.29, 0.717) is 24.0 Å². The van der Waals surface area contributed by atoms with Gasteiger partial charge in [-0.2, -0.15) is 0 Å². The van der Waals surface area contributed by atoms with Crippen molar-refractivity contribution >= 4 is 9.84 Å². The molecule has 1 aliphatic carbocycles. The fourth-order valence-corrected chi connectivity index (χ4v) is 5.27. The van der Waals surface area contributed by atoms with Crippen LogP contribution in [0.5, 0.6) is 0 Å². The minimum atomic E-state index is -3.39. The summed E-state index contributed by atoms with van der Waals surface area (Å²) in [5.74, 6) is -0.134. The third kappa shape index (κ3) is 4.33. The lowest BCUT2D eigenvalue weighted by Crippen LogP contribution is -2.32. The summed E-state index contributed by atoms with van der Waals surface area (Å²) in [6.07, 6.45) is 2.72. The molecule has 0 unspecified atom stereocenters. The third-order valence-electron chi connectivity index (χ3n) is 5.29. The van der Waals surface area contributed by atoms with Gasteiger partial charge in [0.1, 0.15) is 5.82 Å². The number of sulfone groups is 1. The van der Waals surface area contributed by atoms with E-state index >= 15 is 0 Å². The lowest BCUT2D eigenvalue weighted by molar-refractivity contribution is 0.0108. The molecule has 1 N–H and O–H groups in total. The van der Waals surface area contributed by atoms with E-state index < -0.39 is 15.4 Å². The van der Waals surface area contributed by atoms with Crippen molar-refractivity contribution in [3.63, 3.8) is 0 Å². The second kappa shape index (κ2) is 7.12. The predicted octanol–water partition coefficient (Wildman–Crippen LogP) is 4.52. The highest BCUT2D eigenvalue weighted by Crippen LogP contribution is 2.33. The zero-order valence-corrected chi connectivity index (χ0v) is 16.0. The normalized spacial score (nSPS) is 23.8. The SMILES string of the molecule is Cc1ccc(-c2ccc(S(=O)(=O)C[C@H]3CC[C@](C)(O)CC3)cc2)c(F)c1. The van der Waals surface area contributed by atoms with E-state index in [1.54, 1.807) is 37.3 Å². The van der Waals surface area contributed by atoms with Crippen molar-refractivity contribution < 1.29 is 17.9 Å². The van der Waals surface area contributed by atoms with Gasteiger partial charge in [0, 0.05) is 5.56 Å². The van der Waals surface area contributed by atoms with Gasteiger partial charge in [-0.25, -0.2) is 12.8 Å². The number of benzene rings is 2. The van der Waals surface area contributed by atoms with E-state index in [9.17, 15) is 17.9 Å². The molecule has 0 amide bonds. The van der Waals surface area contributed by atoms with Gasteiger partial charge in [-0.15, -0.1) is 0 Å². The van der Waals surface area contributed by atoms with Crippen LogP contribution in [0.1, 0.15) is 38.2 Å². The second-order valence-electron chi connectivity index (χ2n) is 7.73. The van der Waals surface area contributed by atoms with Crippen LogP contribution in [-0.2, 0) is 9.84 Å². The van der Waals surface area contributed by atoms with Gasteiger partial charge in [0.25, 0.3) is 0 Å². The van der Waals surface area contributed by atoms with Crippen LogP contribution in [0, 0.1) is 18.7 Å². The first-order valence-corrected chi connectivity index (χ1v) is 10.6. The molecule has 140 valence electrons. The number of hydrogen-bond donors (Lipinski definition) is 1. The van der Waals surface area contributed by atoms with E-state index in [-0.39, 0.29) is 22.4 Å². The first-order chi connectivity index (χ1) is 12.2. The molecule has 0 spiro atoms. The summed E-state index contributed by atoms with van der Waals surface area (Å²) in [5, 5.41) is 10.0. The summed E-state index contributed by atoms with van der Waals surface area (Å²) < 4.78 is 39.5. The van der Waals surface area contributed by atoms with Gasteiger partial charge in [-0.05, 0) is 74.8 Å². The molecular formula is C21H25FO3S. The van der Waals surface area contributed by atoms with Crippen molar-refractivity contribution in [3.8, 4) is 11.1 Å². The van der Waals surface area contributed by atoms with E-state index in [2.05, 4.69) is 0 Å². The van der Waals surface area contributed by atoms with E-state index in [0.717, 1.165) is 18.4 Å². The molecule has 0 radical (unpaired) electrons. The molecule has 1 fully saturated rings. The maximum absolute atomic E-state index is 14.1. The summed E-state index contributed by atoms with van der Waals surface area (Å²) in [5.41, 5.74) is 1.31. The van der Waals surface area contributed by atoms with E-state index in [4.69, 9.17) is 0 Å². The van der Waals surface area contributed by atoms with Crippen molar-refractivity contribution in [1.82, 2.24) is 0 Å². The van der Waals surface area contributed by atoms with Gasteiger partial charge >= 0.3 is 0 Å². The highest BCUT2D eigenvalue weighted by molar-refractivity contribution is 7.91. The van der Waals surface area contributed by atoms with Crippen LogP contribution in [0.4, 0.5) is 4.39 Å². The molecular weight excluding hydrogens is 351 g/mol. The molecule has 3 nitrogen and oxygen atoms in total. The van der Waals surface area contributed by atoms with Gasteiger partial charge in [0.05, 0.1) is 16.2 Å². The zero-order valence-electron chi connectivity index (χ0n) is 15.2. The highest BCUT2D eigenvalue weighted by atomic mass is 32.2. The van der Waals surface area contributed by atoms with Crippen molar-refractivity contribution in [3.05, 3.63) is 53.8 Å². The standard InChI is InChI=1S/C21H25FO3S/c1-15-3-8-19(20(22)13-15)17-4-6-18(7-5-17)26(24,25)14-16-9-11-21(2,23)12-10-16/h3-8,13,16,23H,9-12,14H2,1-2H3/t16-,21-. The Hall–Kier alpha value is -1.72. The van der Waals surface area contributed by atoms with Crippen molar-refractivity contribution in [2.75, 3.05) is 5.75 Å². The molecule has 1 aliphatic rings. The van der Waals surface area contributed by atoms with Gasteiger partial charge in [-0.3, -0.25) is 0 Å². The average molecular weight is 376 g/mol. The third-order valence-corrected chi connectivity index (χ3v) is 7.19. The van der Waals surface area contributed by atoms with Crippen LogP contribution < -0.4 is 0 Å². The van der Waals surface area contributed by atoms with Gasteiger partial charge in [0.15, 0.2) is 9.84 Å². The van der Waals surface area contributed by atoms with Crippen molar-refractivity contribution in [2.45, 2.75) is 50.0 Å². The van der Waals surface area contributed by atoms with E-state index in [1.807, 2.05) is 13.0 Å². The molecule has 0 heterocycles. The quantitative estimate of drug-likeness (QED) is 0.854. The van der Waals surface area contributed by atoms with Crippen LogP contribution in [0.3, 0.4) is 0 Å². The molecule has 3 rings (SSSR count). The van der Waals surface area contributed by atoms with Crippen molar-refractivity contribution in [2.24, 2.45) is 5.92 Å². The van der Waals surface area contributed by atoms with Gasteiger partial charge < -0.3 is 5.11 Å². The van der Waals surface area contributed by atoms with Crippen LogP contribution in [0.25, 0.3) is 11.1 Å². The summed E-state index contributed by atoms with van der Waals surface area (Å²) in [6, 6.07) is 11.5. The van der Waals surface area contributed by atoms with Crippen LogP contribution in [0.2, 0.25) is 0 Å². The number of hydrogen-bond acceptors (Lipinski definition) is 3. The number of aliphatic hydroxyl groups is 1. The minimum absolute atomic E-state index is 0.0782. The smallest absolute Gasteiger partial charge is 0.178 e. The lowest BCUT2D eigenvalue weighted by atomic mass is 9.81. The van der Waals surface area contributed by atoms with Crippen LogP contribution in [-0.4, -0.2) is 24.9 Å². The highest BCUT2D eigenvalue weighted by Gasteiger charge is 2.31. The monoisotopic (exact) mass is 376 g/mol. The topological polar surface area (TPSA) is 54.4 Å². The maximum Gasteiger partial charge on any atom is 0.178 e. The summed E-state index contributed by atoms with van der Waals surface area (Å²) in [6.45, 7) is 3.63. The summed E-state index contributed by atoms with van der Waals surface area (Å²) in [4.78, 5) is 0.270. The first kappa shape index (κ1) is 19.1. The predicted molar refractivity (Wildman–Crippen MR) is 101 cm³/mol. The number of rotatable bonds is 4. The minimum Gasteiger partial charge on any atom is -0.390 e. The van der Waals surface area contributed by atoms with Gasteiger partial charge in [-0.1, -0.05) is 24.3 Å². The maximum atomic E-state index is 14.1. The Balaban J connectivity index is 1.75. The lowest BCUT2D eigenvalue weighted by Gasteiger charge is -2.32. The average Bonchev–Trinajstić information content (AvgIpc) is 2.57. The molecule has 0 bridgehead atoms. The van der Waals surface area contributed by atoms with Crippen molar-refractivity contribution in [1.29, 1.82) is 0 Å². The Kier molecular flexibility index (Phi) is 5.22. The van der Waals surface area contributed by atoms with E-state index in [1.165, 1.54) is 6.07 Å². The van der Waals surface area contributed by atoms with Crippen LogP contribution in [0.15, 0.2) is 47.4 Å². The fraction of sp³-hybridized carbons (Fsp3) is 0.429. The molecule has 0 atom stereocenters. The molecule has 0 aromatic heterocycles. The first-order valence-electron chi connectivity index (χ1n) is 8.98. The van der Waals surface area contributed by atoms with Gasteiger partial charge in [0.2, 0.25) is 0 Å². The Bertz CT molecular complexity index is 876.